The predicted molar refractivity (Wildman–Crippen MR) is 118 cm³/mol. The maximum absolute atomic E-state index is 13.8. The van der Waals surface area contributed by atoms with Gasteiger partial charge in [-0.3, -0.25) is 4.79 Å². The average molecular weight is 424 g/mol. The molecule has 3 fully saturated rings. The molecule has 3 saturated carbocycles. The third-order valence-corrected chi connectivity index (χ3v) is 10.9. The summed E-state index contributed by atoms with van der Waals surface area (Å²) in [5.74, 6) is 2.96. The van der Waals surface area contributed by atoms with E-state index < -0.39 is 0 Å². The van der Waals surface area contributed by atoms with Gasteiger partial charge in [0.2, 0.25) is 0 Å². The Morgan fingerprint density at radius 2 is 1.93 bits per heavy atom. The zero-order chi connectivity index (χ0) is 20.7. The molecular weight excluding hydrogens is 393 g/mol. The first-order chi connectivity index (χ1) is 14.4. The quantitative estimate of drug-likeness (QED) is 0.505. The molecular formula is C26H30FNOS. The zero-order valence-electron chi connectivity index (χ0n) is 17.9. The van der Waals surface area contributed by atoms with Crippen LogP contribution in [0.4, 0.5) is 4.39 Å². The number of aromatic nitrogens is 1. The van der Waals surface area contributed by atoms with Gasteiger partial charge in [0.05, 0.1) is 5.69 Å². The van der Waals surface area contributed by atoms with Gasteiger partial charge in [0.1, 0.15) is 16.6 Å². The molecule has 1 heterocycles. The molecule has 0 unspecified atom stereocenters. The van der Waals surface area contributed by atoms with Crippen molar-refractivity contribution in [1.82, 2.24) is 4.98 Å². The zero-order valence-corrected chi connectivity index (χ0v) is 18.7. The molecule has 6 atom stereocenters. The molecule has 4 heteroatoms. The van der Waals surface area contributed by atoms with Crippen molar-refractivity contribution < 1.29 is 9.18 Å². The third-order valence-electron chi connectivity index (χ3n) is 9.59. The Balaban J connectivity index is 1.35. The molecule has 0 radical (unpaired) electrons. The Kier molecular flexibility index (Phi) is 4.14. The van der Waals surface area contributed by atoms with Crippen LogP contribution in [0.2, 0.25) is 0 Å². The molecule has 0 aliphatic heterocycles. The van der Waals surface area contributed by atoms with Gasteiger partial charge in [-0.15, -0.1) is 11.3 Å². The number of carbonyl (C=O) groups is 1. The van der Waals surface area contributed by atoms with E-state index in [-0.39, 0.29) is 11.2 Å². The molecule has 158 valence electrons. The van der Waals surface area contributed by atoms with Crippen molar-refractivity contribution in [3.63, 3.8) is 0 Å². The number of aryl methyl sites for hydroxylation is 1. The minimum Gasteiger partial charge on any atom is -0.299 e. The second-order valence-corrected chi connectivity index (χ2v) is 11.8. The van der Waals surface area contributed by atoms with E-state index in [1.165, 1.54) is 42.3 Å². The molecule has 0 spiro atoms. The number of carbonyl (C=O) groups excluding carboxylic acids is 1. The van der Waals surface area contributed by atoms with Crippen LogP contribution >= 0.6 is 11.3 Å². The van der Waals surface area contributed by atoms with E-state index in [0.717, 1.165) is 42.2 Å². The van der Waals surface area contributed by atoms with Crippen LogP contribution in [0.5, 0.6) is 0 Å². The van der Waals surface area contributed by atoms with Crippen LogP contribution in [0.1, 0.15) is 75.3 Å². The maximum Gasteiger partial charge on any atom is 0.139 e. The minimum absolute atomic E-state index is 0.0424. The highest BCUT2D eigenvalue weighted by Gasteiger charge is 2.60. The van der Waals surface area contributed by atoms with Gasteiger partial charge in [0.25, 0.3) is 0 Å². The molecule has 0 N–H and O–H groups in total. The van der Waals surface area contributed by atoms with Crippen molar-refractivity contribution in [2.75, 3.05) is 0 Å². The Hall–Kier alpha value is -1.55. The molecule has 0 amide bonds. The molecule has 0 bridgehead atoms. The van der Waals surface area contributed by atoms with Crippen LogP contribution < -0.4 is 0 Å². The van der Waals surface area contributed by atoms with Gasteiger partial charge in [0, 0.05) is 28.2 Å². The fourth-order valence-corrected chi connectivity index (χ4v) is 9.37. The fourth-order valence-electron chi connectivity index (χ4n) is 7.96. The molecule has 4 aliphatic carbocycles. The standard InChI is InChI=1S/C26H30FNOS/c1-25-13-11-21-23(30-24(28-21)15-4-3-5-16(27)14-15)20(25)7-6-17-18-8-9-22(29)26(18,2)12-10-19(17)25/h3-5,14,17-20H,6-13H2,1-2H3/t17-,18-,19-,20-,25+,26-/m0/s1. The number of benzene rings is 1. The first-order valence-corrected chi connectivity index (χ1v) is 12.5. The van der Waals surface area contributed by atoms with Crippen LogP contribution in [0.25, 0.3) is 10.6 Å². The van der Waals surface area contributed by atoms with Crippen LogP contribution in [-0.2, 0) is 11.2 Å². The van der Waals surface area contributed by atoms with Crippen LogP contribution in [-0.4, -0.2) is 10.8 Å². The summed E-state index contributed by atoms with van der Waals surface area (Å²) in [6.07, 6.45) is 8.94. The third kappa shape index (κ3) is 2.52. The summed E-state index contributed by atoms with van der Waals surface area (Å²) in [5, 5.41) is 0.975. The van der Waals surface area contributed by atoms with E-state index in [2.05, 4.69) is 13.8 Å². The number of rotatable bonds is 1. The van der Waals surface area contributed by atoms with Gasteiger partial charge >= 0.3 is 0 Å². The van der Waals surface area contributed by atoms with E-state index in [0.29, 0.717) is 29.0 Å². The Bertz CT molecular complexity index is 1030. The van der Waals surface area contributed by atoms with Crippen LogP contribution in [0.15, 0.2) is 24.3 Å². The molecule has 6 rings (SSSR count). The minimum atomic E-state index is -0.192. The summed E-state index contributed by atoms with van der Waals surface area (Å²) >= 11 is 1.81. The maximum atomic E-state index is 13.8. The highest BCUT2D eigenvalue weighted by Crippen LogP contribution is 2.67. The largest absolute Gasteiger partial charge is 0.299 e. The average Bonchev–Trinajstić information content (AvgIpc) is 3.29. The SMILES string of the molecule is C[C@]12CCc3nc(-c4cccc(F)c4)sc3[C@@H]1CC[C@@H]1[C@@H]2CC[C@]2(C)C(=O)CC[C@@H]12. The topological polar surface area (TPSA) is 30.0 Å². The lowest BCUT2D eigenvalue weighted by atomic mass is 9.46. The lowest BCUT2D eigenvalue weighted by Gasteiger charge is -2.59. The number of hydrogen-bond donors (Lipinski definition) is 0. The van der Waals surface area contributed by atoms with Crippen molar-refractivity contribution in [3.8, 4) is 10.6 Å². The van der Waals surface area contributed by atoms with Gasteiger partial charge in [-0.05, 0) is 80.2 Å². The van der Waals surface area contributed by atoms with Gasteiger partial charge in [0.15, 0.2) is 0 Å². The summed E-state index contributed by atoms with van der Waals surface area (Å²) in [6.45, 7) is 4.81. The van der Waals surface area contributed by atoms with Gasteiger partial charge in [-0.25, -0.2) is 9.37 Å². The van der Waals surface area contributed by atoms with Crippen molar-refractivity contribution in [2.24, 2.45) is 28.6 Å². The Morgan fingerprint density at radius 3 is 2.77 bits per heavy atom. The number of Topliss-reactive ketones (excluding diaryl/α,β-unsaturated/α-hetero) is 1. The smallest absolute Gasteiger partial charge is 0.139 e. The van der Waals surface area contributed by atoms with E-state index in [1.807, 2.05) is 17.4 Å². The molecule has 2 aromatic rings. The second-order valence-electron chi connectivity index (χ2n) is 10.8. The molecule has 2 nitrogen and oxygen atoms in total. The summed E-state index contributed by atoms with van der Waals surface area (Å²) in [5.41, 5.74) is 2.44. The lowest BCUT2D eigenvalue weighted by molar-refractivity contribution is -0.134. The number of nitrogens with zero attached hydrogens (tertiary/aromatic N) is 1. The fraction of sp³-hybridized carbons (Fsp3) is 0.615. The van der Waals surface area contributed by atoms with E-state index >= 15 is 0 Å². The summed E-state index contributed by atoms with van der Waals surface area (Å²) < 4.78 is 13.8. The van der Waals surface area contributed by atoms with E-state index in [4.69, 9.17) is 4.98 Å². The van der Waals surface area contributed by atoms with Gasteiger partial charge < -0.3 is 0 Å². The Labute approximate surface area is 182 Å². The van der Waals surface area contributed by atoms with Gasteiger partial charge in [-0.2, -0.15) is 0 Å². The van der Waals surface area contributed by atoms with E-state index in [1.54, 1.807) is 12.1 Å². The monoisotopic (exact) mass is 423 g/mol. The normalized spacial score (nSPS) is 39.8. The van der Waals surface area contributed by atoms with Crippen molar-refractivity contribution in [2.45, 2.75) is 71.1 Å². The van der Waals surface area contributed by atoms with Crippen LogP contribution in [0.3, 0.4) is 0 Å². The Morgan fingerprint density at radius 1 is 1.07 bits per heavy atom. The van der Waals surface area contributed by atoms with E-state index in [9.17, 15) is 9.18 Å². The van der Waals surface area contributed by atoms with Crippen molar-refractivity contribution in [1.29, 1.82) is 0 Å². The highest BCUT2D eigenvalue weighted by molar-refractivity contribution is 7.15. The number of thiazole rings is 1. The van der Waals surface area contributed by atoms with Crippen molar-refractivity contribution >= 4 is 17.1 Å². The molecule has 1 aromatic heterocycles. The summed E-state index contributed by atoms with van der Waals surface area (Å²) in [4.78, 5) is 19.1. The molecule has 1 aromatic carbocycles. The molecule has 4 aliphatic rings. The van der Waals surface area contributed by atoms with Gasteiger partial charge in [-0.1, -0.05) is 26.0 Å². The number of halogens is 1. The second kappa shape index (κ2) is 6.48. The highest BCUT2D eigenvalue weighted by atomic mass is 32.1. The number of ketones is 1. The number of hydrogen-bond acceptors (Lipinski definition) is 3. The predicted octanol–water partition coefficient (Wildman–Crippen LogP) is 6.79. The van der Waals surface area contributed by atoms with Crippen molar-refractivity contribution in [3.05, 3.63) is 40.7 Å². The first-order valence-electron chi connectivity index (χ1n) is 11.7. The number of fused-ring (bicyclic) bond motifs is 7. The van der Waals surface area contributed by atoms with Crippen LogP contribution in [0, 0.1) is 34.4 Å². The molecule has 0 saturated heterocycles. The summed E-state index contributed by atoms with van der Waals surface area (Å²) in [7, 11) is 0. The lowest BCUT2D eigenvalue weighted by Crippen LogP contribution is -2.52. The molecule has 30 heavy (non-hydrogen) atoms. The summed E-state index contributed by atoms with van der Waals surface area (Å²) in [6, 6.07) is 6.87. The first kappa shape index (κ1) is 19.2.